The van der Waals surface area contributed by atoms with Crippen LogP contribution < -0.4 is 10.2 Å². The van der Waals surface area contributed by atoms with Crippen molar-refractivity contribution in [3.05, 3.63) is 34.4 Å². The minimum atomic E-state index is -0.465. The molecule has 1 aliphatic heterocycles. The number of hydrogen-bond donors (Lipinski definition) is 2. The van der Waals surface area contributed by atoms with Crippen molar-refractivity contribution in [3.63, 3.8) is 0 Å². The third kappa shape index (κ3) is 3.77. The molecule has 1 aromatic carbocycles. The molecule has 1 fully saturated rings. The fourth-order valence-electron chi connectivity index (χ4n) is 2.62. The van der Waals surface area contributed by atoms with Crippen LogP contribution >= 0.6 is 0 Å². The van der Waals surface area contributed by atoms with Crippen LogP contribution in [0.25, 0.3) is 0 Å². The second-order valence-electron chi connectivity index (χ2n) is 5.34. The van der Waals surface area contributed by atoms with Gasteiger partial charge in [0.05, 0.1) is 17.5 Å². The highest BCUT2D eigenvalue weighted by Gasteiger charge is 2.24. The monoisotopic (exact) mass is 278 g/mol. The first kappa shape index (κ1) is 14.5. The lowest BCUT2D eigenvalue weighted by Gasteiger charge is -2.29. The Bertz CT molecular complexity index is 504. The summed E-state index contributed by atoms with van der Waals surface area (Å²) in [7, 11) is 0. The fourth-order valence-corrected chi connectivity index (χ4v) is 2.62. The molecule has 1 saturated heterocycles. The van der Waals surface area contributed by atoms with E-state index < -0.39 is 4.92 Å². The highest BCUT2D eigenvalue weighted by molar-refractivity contribution is 5.91. The number of piperidine rings is 1. The van der Waals surface area contributed by atoms with Crippen molar-refractivity contribution in [1.29, 1.82) is 0 Å². The maximum atomic E-state index is 12.0. The van der Waals surface area contributed by atoms with Crippen LogP contribution in [0.1, 0.15) is 26.2 Å². The van der Waals surface area contributed by atoms with E-state index in [2.05, 4.69) is 12.2 Å². The Kier molecular flexibility index (Phi) is 4.68. The fraction of sp³-hybridized carbons (Fsp3) is 0.500. The summed E-state index contributed by atoms with van der Waals surface area (Å²) in [6.45, 7) is 3.60. The smallest absolute Gasteiger partial charge is 0.279 e. The molecule has 0 saturated carbocycles. The number of likely N-dealkylation sites (tertiary alicyclic amines) is 1. The Morgan fingerprint density at radius 1 is 1.50 bits per heavy atom. The van der Waals surface area contributed by atoms with Crippen LogP contribution in [-0.2, 0) is 4.79 Å². The van der Waals surface area contributed by atoms with Crippen molar-refractivity contribution in [2.24, 2.45) is 0 Å². The van der Waals surface area contributed by atoms with E-state index in [1.807, 2.05) is 0 Å². The van der Waals surface area contributed by atoms with Gasteiger partial charge in [0, 0.05) is 17.8 Å². The molecule has 2 N–H and O–H groups in total. The van der Waals surface area contributed by atoms with E-state index in [1.54, 1.807) is 12.1 Å². The molecule has 0 radical (unpaired) electrons. The molecule has 20 heavy (non-hydrogen) atoms. The molecule has 1 unspecified atom stereocenters. The number of non-ortho nitro benzene ring substituents is 1. The first-order chi connectivity index (χ1) is 9.56. The molecule has 0 bridgehead atoms. The van der Waals surface area contributed by atoms with Crippen LogP contribution in [0.15, 0.2) is 24.3 Å². The molecular weight excluding hydrogens is 258 g/mol. The van der Waals surface area contributed by atoms with E-state index in [9.17, 15) is 14.9 Å². The van der Waals surface area contributed by atoms with Gasteiger partial charge in [0.1, 0.15) is 0 Å². The number of carbonyl (C=O) groups is 1. The quantitative estimate of drug-likeness (QED) is 0.637. The van der Waals surface area contributed by atoms with Gasteiger partial charge in [-0.25, -0.2) is 0 Å². The van der Waals surface area contributed by atoms with Crippen molar-refractivity contribution in [1.82, 2.24) is 0 Å². The van der Waals surface area contributed by atoms with Gasteiger partial charge < -0.3 is 10.2 Å². The molecule has 108 valence electrons. The van der Waals surface area contributed by atoms with Crippen LogP contribution in [0.2, 0.25) is 0 Å². The van der Waals surface area contributed by atoms with Gasteiger partial charge in [0.15, 0.2) is 6.54 Å². The number of benzene rings is 1. The standard InChI is InChI=1S/C14H19N3O3/c1-11-5-2-3-8-16(11)10-14(18)15-12-6-4-7-13(9-12)17(19)20/h4,6-7,9,11H,2-3,5,8,10H2,1H3,(H,15,18)/p+1/t11-/m0/s1. The van der Waals surface area contributed by atoms with Gasteiger partial charge >= 0.3 is 0 Å². The van der Waals surface area contributed by atoms with Crippen molar-refractivity contribution in [3.8, 4) is 0 Å². The predicted molar refractivity (Wildman–Crippen MR) is 75.7 cm³/mol. The second-order valence-corrected chi connectivity index (χ2v) is 5.34. The zero-order valence-electron chi connectivity index (χ0n) is 11.6. The van der Waals surface area contributed by atoms with Gasteiger partial charge in [-0.3, -0.25) is 14.9 Å². The van der Waals surface area contributed by atoms with E-state index >= 15 is 0 Å². The Morgan fingerprint density at radius 2 is 2.30 bits per heavy atom. The molecule has 1 aliphatic rings. The highest BCUT2D eigenvalue weighted by Crippen LogP contribution is 2.16. The summed E-state index contributed by atoms with van der Waals surface area (Å²) in [5.41, 5.74) is 0.467. The number of rotatable bonds is 4. The molecule has 2 atom stereocenters. The molecule has 1 amide bonds. The summed E-state index contributed by atoms with van der Waals surface area (Å²) < 4.78 is 0. The van der Waals surface area contributed by atoms with E-state index in [-0.39, 0.29) is 11.6 Å². The number of nitro groups is 1. The van der Waals surface area contributed by atoms with Gasteiger partial charge in [-0.15, -0.1) is 0 Å². The first-order valence-corrected chi connectivity index (χ1v) is 6.95. The largest absolute Gasteiger partial charge is 0.325 e. The van der Waals surface area contributed by atoms with Gasteiger partial charge in [0.25, 0.3) is 11.6 Å². The van der Waals surface area contributed by atoms with Crippen LogP contribution in [0.3, 0.4) is 0 Å². The number of amides is 1. The highest BCUT2D eigenvalue weighted by atomic mass is 16.6. The van der Waals surface area contributed by atoms with E-state index in [4.69, 9.17) is 0 Å². The van der Waals surface area contributed by atoms with Gasteiger partial charge in [-0.05, 0) is 32.3 Å². The topological polar surface area (TPSA) is 76.7 Å². The lowest BCUT2D eigenvalue weighted by Crippen LogP contribution is -3.17. The molecule has 6 heteroatoms. The van der Waals surface area contributed by atoms with Crippen LogP contribution in [-0.4, -0.2) is 30.0 Å². The van der Waals surface area contributed by atoms with Crippen LogP contribution in [0, 0.1) is 10.1 Å². The van der Waals surface area contributed by atoms with Gasteiger partial charge in [-0.1, -0.05) is 6.07 Å². The van der Waals surface area contributed by atoms with Gasteiger partial charge in [-0.2, -0.15) is 0 Å². The summed E-state index contributed by atoms with van der Waals surface area (Å²) in [6.07, 6.45) is 3.54. The summed E-state index contributed by atoms with van der Waals surface area (Å²) in [5.74, 6) is -0.0887. The zero-order chi connectivity index (χ0) is 14.5. The average molecular weight is 278 g/mol. The lowest BCUT2D eigenvalue weighted by atomic mass is 10.0. The number of nitrogens with zero attached hydrogens (tertiary/aromatic N) is 1. The van der Waals surface area contributed by atoms with Crippen molar-refractivity contribution in [2.75, 3.05) is 18.4 Å². The van der Waals surface area contributed by atoms with Crippen LogP contribution in [0.4, 0.5) is 11.4 Å². The number of hydrogen-bond acceptors (Lipinski definition) is 3. The molecule has 2 rings (SSSR count). The van der Waals surface area contributed by atoms with Crippen molar-refractivity contribution in [2.45, 2.75) is 32.2 Å². The Morgan fingerprint density at radius 3 is 3.00 bits per heavy atom. The van der Waals surface area contributed by atoms with Crippen LogP contribution in [0.5, 0.6) is 0 Å². The molecule has 0 aliphatic carbocycles. The number of carbonyl (C=O) groups excluding carboxylic acids is 1. The summed E-state index contributed by atoms with van der Waals surface area (Å²) in [6, 6.07) is 6.53. The second kappa shape index (κ2) is 6.47. The third-order valence-electron chi connectivity index (χ3n) is 3.81. The third-order valence-corrected chi connectivity index (χ3v) is 3.81. The summed E-state index contributed by atoms with van der Waals surface area (Å²) >= 11 is 0. The maximum Gasteiger partial charge on any atom is 0.279 e. The number of quaternary nitrogens is 1. The SMILES string of the molecule is C[C@H]1CCCC[NH+]1CC(=O)Nc1cccc([N+](=O)[O-])c1. The number of nitro benzene ring substituents is 1. The van der Waals surface area contributed by atoms with E-state index in [0.717, 1.165) is 19.4 Å². The zero-order valence-corrected chi connectivity index (χ0v) is 11.6. The van der Waals surface area contributed by atoms with Crippen molar-refractivity contribution >= 4 is 17.3 Å². The predicted octanol–water partition coefficient (Wildman–Crippen LogP) is 0.991. The maximum absolute atomic E-state index is 12.0. The summed E-state index contributed by atoms with van der Waals surface area (Å²) in [4.78, 5) is 23.5. The Balaban J connectivity index is 1.94. The normalized spacial score (nSPS) is 22.2. The minimum Gasteiger partial charge on any atom is -0.325 e. The molecule has 1 aromatic rings. The molecular formula is C14H20N3O3+. The molecule has 1 heterocycles. The number of anilines is 1. The Hall–Kier alpha value is -1.95. The minimum absolute atomic E-state index is 0.0125. The molecule has 6 nitrogen and oxygen atoms in total. The molecule has 0 aromatic heterocycles. The van der Waals surface area contributed by atoms with E-state index in [1.165, 1.54) is 23.5 Å². The average Bonchev–Trinajstić information content (AvgIpc) is 2.41. The van der Waals surface area contributed by atoms with E-state index in [0.29, 0.717) is 18.3 Å². The Labute approximate surface area is 117 Å². The van der Waals surface area contributed by atoms with Gasteiger partial charge in [0.2, 0.25) is 0 Å². The number of nitrogens with one attached hydrogen (secondary N) is 2. The van der Waals surface area contributed by atoms with Crippen molar-refractivity contribution < 1.29 is 14.6 Å². The molecule has 0 spiro atoms. The summed E-state index contributed by atoms with van der Waals surface area (Å²) in [5, 5.41) is 13.4. The first-order valence-electron chi connectivity index (χ1n) is 6.95. The lowest BCUT2D eigenvalue weighted by molar-refractivity contribution is -0.920.